The van der Waals surface area contributed by atoms with Crippen molar-refractivity contribution in [3.05, 3.63) is 33.8 Å². The van der Waals surface area contributed by atoms with Gasteiger partial charge < -0.3 is 20.9 Å². The van der Waals surface area contributed by atoms with Crippen LogP contribution >= 0.6 is 23.2 Å². The highest BCUT2D eigenvalue weighted by atomic mass is 35.5. The van der Waals surface area contributed by atoms with Crippen molar-refractivity contribution in [2.75, 3.05) is 40.3 Å². The van der Waals surface area contributed by atoms with Crippen LogP contribution in [0.5, 0.6) is 0 Å². The molecule has 2 rings (SSSR count). The summed E-state index contributed by atoms with van der Waals surface area (Å²) in [6.07, 6.45) is 2.50. The molecule has 1 aliphatic rings. The predicted octanol–water partition coefficient (Wildman–Crippen LogP) is 2.15. The van der Waals surface area contributed by atoms with Crippen molar-refractivity contribution < 1.29 is 9.59 Å². The number of rotatable bonds is 6. The third-order valence-corrected chi connectivity index (χ3v) is 5.49. The molecule has 0 aliphatic carbocycles. The monoisotopic (exact) mass is 427 g/mol. The third kappa shape index (κ3) is 6.56. The molecule has 1 aliphatic heterocycles. The maximum atomic E-state index is 12.2. The average Bonchev–Trinajstić information content (AvgIpc) is 2.70. The Bertz CT molecular complexity index is 718. The van der Waals surface area contributed by atoms with E-state index in [0.29, 0.717) is 41.0 Å². The van der Waals surface area contributed by atoms with Gasteiger partial charge in [-0.25, -0.2) is 0 Å². The number of amides is 2. The predicted molar refractivity (Wildman–Crippen MR) is 113 cm³/mol. The highest BCUT2D eigenvalue weighted by molar-refractivity contribution is 6.42. The summed E-state index contributed by atoms with van der Waals surface area (Å²) in [5, 5.41) is 9.56. The van der Waals surface area contributed by atoms with Gasteiger partial charge in [0.05, 0.1) is 10.0 Å². The molecule has 3 N–H and O–H groups in total. The second kappa shape index (κ2) is 11.1. The quantitative estimate of drug-likeness (QED) is 0.368. The van der Waals surface area contributed by atoms with Crippen LogP contribution in [-0.4, -0.2) is 62.9 Å². The van der Waals surface area contributed by atoms with Gasteiger partial charge in [0.25, 0.3) is 5.91 Å². The zero-order valence-corrected chi connectivity index (χ0v) is 17.7. The summed E-state index contributed by atoms with van der Waals surface area (Å²) in [6, 6.07) is 4.79. The molecular weight excluding hydrogens is 401 g/mol. The molecule has 1 aromatic carbocycles. The standard InChI is InChI=1S/C19H27Cl2N5O2/c1-22-17(27)11-13-5-9-26(10-6-13)19(23-2)25-8-7-24-18(28)14-3-4-15(20)16(21)12-14/h3-4,12-13H,5-11H2,1-2H3,(H,22,27)(H,23,25)(H,24,28). The molecule has 7 nitrogen and oxygen atoms in total. The lowest BCUT2D eigenvalue weighted by Crippen LogP contribution is -2.47. The number of hydrogen-bond acceptors (Lipinski definition) is 3. The van der Waals surface area contributed by atoms with Gasteiger partial charge in [-0.1, -0.05) is 23.2 Å². The molecule has 0 spiro atoms. The summed E-state index contributed by atoms with van der Waals surface area (Å²) < 4.78 is 0. The van der Waals surface area contributed by atoms with Gasteiger partial charge >= 0.3 is 0 Å². The van der Waals surface area contributed by atoms with Gasteiger partial charge in [-0.2, -0.15) is 0 Å². The van der Waals surface area contributed by atoms with Crippen LogP contribution in [0.2, 0.25) is 10.0 Å². The lowest BCUT2D eigenvalue weighted by atomic mass is 9.93. The summed E-state index contributed by atoms with van der Waals surface area (Å²) in [5.74, 6) is 1.12. The van der Waals surface area contributed by atoms with Gasteiger partial charge in [-0.05, 0) is 37.0 Å². The van der Waals surface area contributed by atoms with Crippen molar-refractivity contribution in [1.82, 2.24) is 20.9 Å². The number of carbonyl (C=O) groups is 2. The van der Waals surface area contributed by atoms with E-state index in [2.05, 4.69) is 25.8 Å². The molecule has 1 aromatic rings. The zero-order valence-electron chi connectivity index (χ0n) is 16.2. The van der Waals surface area contributed by atoms with Crippen LogP contribution in [0.4, 0.5) is 0 Å². The van der Waals surface area contributed by atoms with Crippen molar-refractivity contribution in [3.8, 4) is 0 Å². The van der Waals surface area contributed by atoms with Gasteiger partial charge in [0.15, 0.2) is 5.96 Å². The number of aliphatic imine (C=N–C) groups is 1. The van der Waals surface area contributed by atoms with Gasteiger partial charge in [0, 0.05) is 52.3 Å². The Kier molecular flexibility index (Phi) is 8.86. The van der Waals surface area contributed by atoms with E-state index in [1.54, 1.807) is 32.3 Å². The van der Waals surface area contributed by atoms with E-state index in [0.717, 1.165) is 31.9 Å². The molecule has 154 valence electrons. The van der Waals surface area contributed by atoms with Crippen molar-refractivity contribution >= 4 is 41.0 Å². The molecule has 0 radical (unpaired) electrons. The molecule has 0 atom stereocenters. The number of piperidine rings is 1. The molecule has 1 heterocycles. The van der Waals surface area contributed by atoms with Crippen molar-refractivity contribution in [3.63, 3.8) is 0 Å². The van der Waals surface area contributed by atoms with Gasteiger partial charge in [0.1, 0.15) is 0 Å². The topological polar surface area (TPSA) is 85.8 Å². The van der Waals surface area contributed by atoms with E-state index < -0.39 is 0 Å². The van der Waals surface area contributed by atoms with Crippen LogP contribution in [0.3, 0.4) is 0 Å². The Balaban J connectivity index is 1.72. The van der Waals surface area contributed by atoms with Gasteiger partial charge in [-0.15, -0.1) is 0 Å². The second-order valence-electron chi connectivity index (χ2n) is 6.67. The minimum absolute atomic E-state index is 0.0960. The van der Waals surface area contributed by atoms with E-state index in [-0.39, 0.29) is 11.8 Å². The number of carbonyl (C=O) groups excluding carboxylic acids is 2. The van der Waals surface area contributed by atoms with E-state index in [1.807, 2.05) is 0 Å². The Labute approximate surface area is 175 Å². The fourth-order valence-corrected chi connectivity index (χ4v) is 3.43. The number of halogens is 2. The second-order valence-corrected chi connectivity index (χ2v) is 7.48. The SMILES string of the molecule is CN=C(NCCNC(=O)c1ccc(Cl)c(Cl)c1)N1CCC(CC(=O)NC)CC1. The smallest absolute Gasteiger partial charge is 0.251 e. The number of likely N-dealkylation sites (tertiary alicyclic amines) is 1. The largest absolute Gasteiger partial charge is 0.359 e. The van der Waals surface area contributed by atoms with Crippen LogP contribution in [-0.2, 0) is 4.79 Å². The Morgan fingerprint density at radius 1 is 1.14 bits per heavy atom. The first-order chi connectivity index (χ1) is 13.4. The fourth-order valence-electron chi connectivity index (χ4n) is 3.14. The molecule has 0 aromatic heterocycles. The summed E-state index contributed by atoms with van der Waals surface area (Å²) >= 11 is 11.8. The van der Waals surface area contributed by atoms with Crippen molar-refractivity contribution in [1.29, 1.82) is 0 Å². The van der Waals surface area contributed by atoms with Crippen LogP contribution in [0.1, 0.15) is 29.6 Å². The molecule has 2 amide bonds. The summed E-state index contributed by atoms with van der Waals surface area (Å²) in [5.41, 5.74) is 0.469. The van der Waals surface area contributed by atoms with Crippen LogP contribution in [0, 0.1) is 5.92 Å². The molecule has 28 heavy (non-hydrogen) atoms. The molecule has 1 fully saturated rings. The Morgan fingerprint density at radius 2 is 1.82 bits per heavy atom. The molecule has 0 bridgehead atoms. The first-order valence-electron chi connectivity index (χ1n) is 9.34. The molecule has 9 heteroatoms. The van der Waals surface area contributed by atoms with Crippen LogP contribution < -0.4 is 16.0 Å². The summed E-state index contributed by atoms with van der Waals surface area (Å²) in [6.45, 7) is 2.72. The lowest BCUT2D eigenvalue weighted by Gasteiger charge is -2.34. The van der Waals surface area contributed by atoms with Crippen molar-refractivity contribution in [2.24, 2.45) is 10.9 Å². The number of benzene rings is 1. The van der Waals surface area contributed by atoms with E-state index in [9.17, 15) is 9.59 Å². The first kappa shape index (κ1) is 22.3. The molecule has 0 unspecified atom stereocenters. The van der Waals surface area contributed by atoms with Crippen molar-refractivity contribution in [2.45, 2.75) is 19.3 Å². The average molecular weight is 428 g/mol. The Morgan fingerprint density at radius 3 is 2.43 bits per heavy atom. The van der Waals surface area contributed by atoms with E-state index >= 15 is 0 Å². The van der Waals surface area contributed by atoms with Gasteiger partial charge in [-0.3, -0.25) is 14.6 Å². The van der Waals surface area contributed by atoms with E-state index in [4.69, 9.17) is 23.2 Å². The maximum absolute atomic E-state index is 12.2. The maximum Gasteiger partial charge on any atom is 0.251 e. The van der Waals surface area contributed by atoms with Crippen LogP contribution in [0.25, 0.3) is 0 Å². The van der Waals surface area contributed by atoms with E-state index in [1.165, 1.54) is 0 Å². The number of hydrogen-bond donors (Lipinski definition) is 3. The molecule has 0 saturated carbocycles. The highest BCUT2D eigenvalue weighted by Gasteiger charge is 2.22. The summed E-state index contributed by atoms with van der Waals surface area (Å²) in [4.78, 5) is 30.2. The van der Waals surface area contributed by atoms with Gasteiger partial charge in [0.2, 0.25) is 5.91 Å². The lowest BCUT2D eigenvalue weighted by molar-refractivity contribution is -0.121. The highest BCUT2D eigenvalue weighted by Crippen LogP contribution is 2.22. The Hall–Kier alpha value is -1.99. The number of nitrogens with zero attached hydrogens (tertiary/aromatic N) is 2. The fraction of sp³-hybridized carbons (Fsp3) is 0.526. The molecular formula is C19H27Cl2N5O2. The zero-order chi connectivity index (χ0) is 20.5. The normalized spacial score (nSPS) is 15.3. The molecule has 1 saturated heterocycles. The minimum Gasteiger partial charge on any atom is -0.359 e. The first-order valence-corrected chi connectivity index (χ1v) is 10.1. The number of nitrogens with one attached hydrogen (secondary N) is 3. The minimum atomic E-state index is -0.203. The van der Waals surface area contributed by atoms with Crippen LogP contribution in [0.15, 0.2) is 23.2 Å². The summed E-state index contributed by atoms with van der Waals surface area (Å²) in [7, 11) is 3.41. The number of guanidine groups is 1. The third-order valence-electron chi connectivity index (χ3n) is 4.75.